The fourth-order valence-corrected chi connectivity index (χ4v) is 5.85. The van der Waals surface area contributed by atoms with Crippen molar-refractivity contribution in [2.45, 2.75) is 56.0 Å². The number of carbonyl (C=O) groups is 1. The monoisotopic (exact) mass is 466 g/mol. The van der Waals surface area contributed by atoms with E-state index in [4.69, 9.17) is 11.5 Å². The van der Waals surface area contributed by atoms with Gasteiger partial charge in [0.2, 0.25) is 15.9 Å². The van der Waals surface area contributed by atoms with Gasteiger partial charge in [0, 0.05) is 19.6 Å². The van der Waals surface area contributed by atoms with Gasteiger partial charge in [-0.1, -0.05) is 19.1 Å². The maximum absolute atomic E-state index is 13.4. The number of nitrogens with one attached hydrogen (secondary N) is 2. The number of guanidine groups is 1. The molecule has 10 nitrogen and oxygen atoms in total. The first-order valence-corrected chi connectivity index (χ1v) is 12.6. The lowest BCUT2D eigenvalue weighted by Gasteiger charge is -2.29. The highest BCUT2D eigenvalue weighted by Gasteiger charge is 2.35. The molecular weight excluding hydrogens is 432 g/mol. The molecule has 0 aliphatic carbocycles. The Morgan fingerprint density at radius 3 is 2.91 bits per heavy atom. The number of anilines is 1. The van der Waals surface area contributed by atoms with Crippen LogP contribution in [0.3, 0.4) is 0 Å². The number of para-hydroxylation sites is 1. The number of hydrogen-bond donors (Lipinski definition) is 5. The van der Waals surface area contributed by atoms with E-state index < -0.39 is 16.1 Å². The highest BCUT2D eigenvalue weighted by atomic mass is 32.2. The SMILES string of the molecule is CC1CNc2c(cccc2S(=O)(=O)NC(CCCN=C(N)N)C(=O)N2CCC[C@H]2CO)C1. The highest BCUT2D eigenvalue weighted by Crippen LogP contribution is 2.31. The molecule has 1 amide bonds. The molecule has 0 aromatic heterocycles. The third-order valence-corrected chi connectivity index (χ3v) is 7.52. The van der Waals surface area contributed by atoms with Crippen molar-refractivity contribution in [2.24, 2.45) is 22.4 Å². The van der Waals surface area contributed by atoms with E-state index in [1.165, 1.54) is 0 Å². The van der Waals surface area contributed by atoms with Crippen LogP contribution in [-0.4, -0.2) is 68.6 Å². The minimum Gasteiger partial charge on any atom is -0.394 e. The van der Waals surface area contributed by atoms with Crippen LogP contribution >= 0.6 is 0 Å². The number of fused-ring (bicyclic) bond motifs is 1. The molecular formula is C21H34N6O4S. The largest absolute Gasteiger partial charge is 0.394 e. The van der Waals surface area contributed by atoms with Crippen molar-refractivity contribution in [3.05, 3.63) is 23.8 Å². The van der Waals surface area contributed by atoms with Crippen LogP contribution in [0.2, 0.25) is 0 Å². The van der Waals surface area contributed by atoms with Crippen molar-refractivity contribution in [2.75, 3.05) is 31.6 Å². The number of sulfonamides is 1. The summed E-state index contributed by atoms with van der Waals surface area (Å²) in [5, 5.41) is 12.9. The predicted molar refractivity (Wildman–Crippen MR) is 124 cm³/mol. The molecule has 178 valence electrons. The van der Waals surface area contributed by atoms with Crippen LogP contribution in [0.4, 0.5) is 5.69 Å². The lowest BCUT2D eigenvalue weighted by molar-refractivity contribution is -0.134. The summed E-state index contributed by atoms with van der Waals surface area (Å²) in [5.74, 6) is 0.0228. The molecule has 3 atom stereocenters. The molecule has 2 aliphatic heterocycles. The van der Waals surface area contributed by atoms with Crippen molar-refractivity contribution in [3.8, 4) is 0 Å². The van der Waals surface area contributed by atoms with Crippen molar-refractivity contribution in [3.63, 3.8) is 0 Å². The number of nitrogens with zero attached hydrogens (tertiary/aromatic N) is 2. The number of rotatable bonds is 9. The second-order valence-electron chi connectivity index (χ2n) is 8.61. The van der Waals surface area contributed by atoms with Crippen LogP contribution < -0.4 is 21.5 Å². The Labute approximate surface area is 189 Å². The third-order valence-electron chi connectivity index (χ3n) is 6.01. The maximum Gasteiger partial charge on any atom is 0.243 e. The summed E-state index contributed by atoms with van der Waals surface area (Å²) in [6.07, 6.45) is 2.93. The van der Waals surface area contributed by atoms with Gasteiger partial charge in [-0.15, -0.1) is 0 Å². The minimum absolute atomic E-state index is 0.0513. The van der Waals surface area contributed by atoms with E-state index in [-0.39, 0.29) is 42.4 Å². The number of amides is 1. The number of nitrogens with two attached hydrogens (primary N) is 2. The Balaban J connectivity index is 1.84. The smallest absolute Gasteiger partial charge is 0.243 e. The first kappa shape index (κ1) is 24.3. The van der Waals surface area contributed by atoms with Gasteiger partial charge in [0.1, 0.15) is 10.9 Å². The fraction of sp³-hybridized carbons (Fsp3) is 0.619. The zero-order valence-corrected chi connectivity index (χ0v) is 19.3. The highest BCUT2D eigenvalue weighted by molar-refractivity contribution is 7.89. The van der Waals surface area contributed by atoms with E-state index in [2.05, 4.69) is 22.0 Å². The molecule has 2 heterocycles. The van der Waals surface area contributed by atoms with Gasteiger partial charge in [-0.3, -0.25) is 9.79 Å². The zero-order valence-electron chi connectivity index (χ0n) is 18.5. The van der Waals surface area contributed by atoms with Crippen LogP contribution in [0, 0.1) is 5.92 Å². The first-order chi connectivity index (χ1) is 15.2. The van der Waals surface area contributed by atoms with Gasteiger partial charge >= 0.3 is 0 Å². The Morgan fingerprint density at radius 2 is 2.19 bits per heavy atom. The van der Waals surface area contributed by atoms with Crippen LogP contribution in [0.15, 0.2) is 28.1 Å². The van der Waals surface area contributed by atoms with Crippen molar-refractivity contribution in [1.29, 1.82) is 0 Å². The molecule has 11 heteroatoms. The number of carbonyl (C=O) groups excluding carboxylic acids is 1. The van der Waals surface area contributed by atoms with Crippen LogP contribution in [0.5, 0.6) is 0 Å². The van der Waals surface area contributed by atoms with Crippen LogP contribution in [-0.2, 0) is 21.2 Å². The van der Waals surface area contributed by atoms with E-state index in [1.54, 1.807) is 17.0 Å². The molecule has 2 aliphatic rings. The summed E-state index contributed by atoms with van der Waals surface area (Å²) >= 11 is 0. The fourth-order valence-electron chi connectivity index (χ4n) is 4.40. The molecule has 7 N–H and O–H groups in total. The average Bonchev–Trinajstić information content (AvgIpc) is 3.23. The van der Waals surface area contributed by atoms with Gasteiger partial charge in [-0.05, 0) is 49.7 Å². The summed E-state index contributed by atoms with van der Waals surface area (Å²) in [6.45, 7) is 3.43. The second kappa shape index (κ2) is 10.5. The number of hydrogen-bond acceptors (Lipinski definition) is 6. The Hall–Kier alpha value is -2.37. The van der Waals surface area contributed by atoms with E-state index in [0.29, 0.717) is 37.5 Å². The lowest BCUT2D eigenvalue weighted by Crippen LogP contribution is -2.50. The molecule has 32 heavy (non-hydrogen) atoms. The maximum atomic E-state index is 13.4. The third kappa shape index (κ3) is 5.70. The van der Waals surface area contributed by atoms with Crippen LogP contribution in [0.25, 0.3) is 0 Å². The summed E-state index contributed by atoms with van der Waals surface area (Å²) in [7, 11) is -3.98. The molecule has 1 aromatic rings. The standard InChI is InChI=1S/C21H34N6O4S/c1-14-11-15-5-2-8-18(19(15)25-12-14)32(30,31)26-17(7-3-9-24-21(22)23)20(29)27-10-4-6-16(27)13-28/h2,5,8,14,16-17,25-26,28H,3-4,6-7,9-13H2,1H3,(H4,22,23,24)/t14?,16-,17?/m0/s1. The molecule has 3 rings (SSSR count). The van der Waals surface area contributed by atoms with Gasteiger partial charge < -0.3 is 26.8 Å². The topological polar surface area (TPSA) is 163 Å². The molecule has 0 radical (unpaired) electrons. The van der Waals surface area contributed by atoms with Crippen molar-refractivity contribution in [1.82, 2.24) is 9.62 Å². The van der Waals surface area contributed by atoms with E-state index in [9.17, 15) is 18.3 Å². The average molecular weight is 467 g/mol. The van der Waals surface area contributed by atoms with E-state index >= 15 is 0 Å². The Morgan fingerprint density at radius 1 is 1.41 bits per heavy atom. The number of aliphatic hydroxyl groups excluding tert-OH is 1. The summed E-state index contributed by atoms with van der Waals surface area (Å²) in [5.41, 5.74) is 12.3. The molecule has 0 bridgehead atoms. The first-order valence-electron chi connectivity index (χ1n) is 11.1. The lowest BCUT2D eigenvalue weighted by atomic mass is 9.96. The number of benzene rings is 1. The Bertz CT molecular complexity index is 948. The quantitative estimate of drug-likeness (QED) is 0.194. The van der Waals surface area contributed by atoms with Gasteiger partial charge in [0.25, 0.3) is 0 Å². The predicted octanol–water partition coefficient (Wildman–Crippen LogP) is -0.0255. The summed E-state index contributed by atoms with van der Waals surface area (Å²) in [6, 6.07) is 3.94. The van der Waals surface area contributed by atoms with Crippen molar-refractivity contribution < 1.29 is 18.3 Å². The molecule has 1 aromatic carbocycles. The van der Waals surface area contributed by atoms with E-state index in [0.717, 1.165) is 18.4 Å². The summed E-state index contributed by atoms with van der Waals surface area (Å²) in [4.78, 5) is 18.9. The molecule has 1 saturated heterocycles. The second-order valence-corrected chi connectivity index (χ2v) is 10.3. The summed E-state index contributed by atoms with van der Waals surface area (Å²) < 4.78 is 29.4. The molecule has 0 saturated carbocycles. The Kier molecular flexibility index (Phi) is 7.96. The van der Waals surface area contributed by atoms with Gasteiger partial charge in [0.05, 0.1) is 18.3 Å². The van der Waals surface area contributed by atoms with Gasteiger partial charge in [-0.2, -0.15) is 4.72 Å². The number of aliphatic hydroxyl groups is 1. The van der Waals surface area contributed by atoms with Gasteiger partial charge in [-0.25, -0.2) is 8.42 Å². The van der Waals surface area contributed by atoms with Crippen molar-refractivity contribution >= 4 is 27.6 Å². The van der Waals surface area contributed by atoms with Gasteiger partial charge in [0.15, 0.2) is 5.96 Å². The number of likely N-dealkylation sites (tertiary alicyclic amines) is 1. The molecule has 2 unspecified atom stereocenters. The minimum atomic E-state index is -3.98. The zero-order chi connectivity index (χ0) is 23.3. The number of aliphatic imine (C=N–C) groups is 1. The normalized spacial score (nSPS) is 21.5. The molecule has 1 fully saturated rings. The van der Waals surface area contributed by atoms with E-state index in [1.807, 2.05) is 6.07 Å². The molecule has 0 spiro atoms. The van der Waals surface area contributed by atoms with Crippen LogP contribution in [0.1, 0.15) is 38.2 Å².